The number of nitrogens with zero attached hydrogens (tertiary/aromatic N) is 1. The van der Waals surface area contributed by atoms with Gasteiger partial charge in [0, 0.05) is 23.6 Å². The molecule has 2 rings (SSSR count). The van der Waals surface area contributed by atoms with Gasteiger partial charge in [-0.2, -0.15) is 0 Å². The molecule has 0 unspecified atom stereocenters. The number of esters is 1. The Labute approximate surface area is 189 Å². The number of carbonyl (C=O) groups is 2. The van der Waals surface area contributed by atoms with Crippen molar-refractivity contribution < 1.29 is 24.5 Å². The monoisotopic (exact) mass is 449 g/mol. The van der Waals surface area contributed by atoms with Gasteiger partial charge in [-0.05, 0) is 44.8 Å². The van der Waals surface area contributed by atoms with Crippen molar-refractivity contribution in [3.8, 4) is 0 Å². The SMILES string of the molecule is C/C(=C\c1csc(C)n1)[C@@H]1C/C=C\CCCC[C@H](O)[C@@H](C)C(=O)[C@@H](C)[C@@H](O)CC(=O)O1. The molecule has 2 heterocycles. The predicted molar refractivity (Wildman–Crippen MR) is 123 cm³/mol. The molecular formula is C24H35NO5S. The Morgan fingerprint density at radius 2 is 1.87 bits per heavy atom. The molecule has 0 saturated carbocycles. The maximum atomic E-state index is 12.6. The first-order valence-corrected chi connectivity index (χ1v) is 11.9. The summed E-state index contributed by atoms with van der Waals surface area (Å²) in [6.07, 6.45) is 7.03. The van der Waals surface area contributed by atoms with Crippen molar-refractivity contribution in [1.29, 1.82) is 0 Å². The first-order valence-electron chi connectivity index (χ1n) is 11.0. The second-order valence-electron chi connectivity index (χ2n) is 8.47. The maximum absolute atomic E-state index is 12.6. The smallest absolute Gasteiger partial charge is 0.309 e. The van der Waals surface area contributed by atoms with Gasteiger partial charge in [0.1, 0.15) is 11.9 Å². The lowest BCUT2D eigenvalue weighted by Crippen LogP contribution is -2.36. The molecule has 6 nitrogen and oxygen atoms in total. The number of aliphatic hydroxyl groups excluding tert-OH is 2. The van der Waals surface area contributed by atoms with Crippen molar-refractivity contribution >= 4 is 29.2 Å². The normalized spacial score (nSPS) is 31.3. The van der Waals surface area contributed by atoms with Gasteiger partial charge < -0.3 is 14.9 Å². The van der Waals surface area contributed by atoms with Crippen LogP contribution in [0.1, 0.15) is 70.0 Å². The first-order chi connectivity index (χ1) is 14.7. The van der Waals surface area contributed by atoms with Crippen LogP contribution >= 0.6 is 11.3 Å². The molecule has 1 aliphatic heterocycles. The molecule has 0 aromatic carbocycles. The number of rotatable bonds is 2. The summed E-state index contributed by atoms with van der Waals surface area (Å²) in [7, 11) is 0. The number of carbonyl (C=O) groups excluding carboxylic acids is 2. The zero-order valence-electron chi connectivity index (χ0n) is 18.9. The van der Waals surface area contributed by atoms with Crippen LogP contribution in [-0.2, 0) is 14.3 Å². The number of Topliss-reactive ketones (excluding diaryl/α,β-unsaturated/α-hetero) is 1. The van der Waals surface area contributed by atoms with Gasteiger partial charge in [0.05, 0.1) is 29.3 Å². The average molecular weight is 450 g/mol. The zero-order chi connectivity index (χ0) is 23.0. The minimum Gasteiger partial charge on any atom is -0.457 e. The second-order valence-corrected chi connectivity index (χ2v) is 9.53. The summed E-state index contributed by atoms with van der Waals surface area (Å²) in [5.74, 6) is -2.11. The van der Waals surface area contributed by atoms with Gasteiger partial charge in [0.2, 0.25) is 0 Å². The quantitative estimate of drug-likeness (QED) is 0.518. The number of hydrogen-bond donors (Lipinski definition) is 2. The number of thiazole rings is 1. The molecule has 0 fully saturated rings. The van der Waals surface area contributed by atoms with Gasteiger partial charge in [0.15, 0.2) is 0 Å². The highest BCUT2D eigenvalue weighted by atomic mass is 32.1. The van der Waals surface area contributed by atoms with E-state index in [0.29, 0.717) is 12.8 Å². The number of allylic oxidation sites excluding steroid dienone is 1. The lowest BCUT2D eigenvalue weighted by Gasteiger charge is -2.25. The van der Waals surface area contributed by atoms with E-state index in [2.05, 4.69) is 11.1 Å². The van der Waals surface area contributed by atoms with Gasteiger partial charge in [-0.3, -0.25) is 9.59 Å². The number of aliphatic hydroxyl groups is 2. The average Bonchev–Trinajstić information content (AvgIpc) is 3.13. The van der Waals surface area contributed by atoms with Crippen LogP contribution in [0.15, 0.2) is 23.1 Å². The van der Waals surface area contributed by atoms with Gasteiger partial charge in [-0.1, -0.05) is 32.4 Å². The van der Waals surface area contributed by atoms with E-state index in [1.807, 2.05) is 31.4 Å². The summed E-state index contributed by atoms with van der Waals surface area (Å²) >= 11 is 1.56. The van der Waals surface area contributed by atoms with E-state index in [-0.39, 0.29) is 12.2 Å². The van der Waals surface area contributed by atoms with E-state index in [1.54, 1.807) is 25.2 Å². The number of hydrogen-bond acceptors (Lipinski definition) is 7. The summed E-state index contributed by atoms with van der Waals surface area (Å²) in [5, 5.41) is 23.7. The molecule has 7 heteroatoms. The summed E-state index contributed by atoms with van der Waals surface area (Å²) in [6.45, 7) is 7.13. The maximum Gasteiger partial charge on any atom is 0.309 e. The van der Waals surface area contributed by atoms with Crippen LogP contribution in [0.25, 0.3) is 6.08 Å². The number of cyclic esters (lactones) is 1. The zero-order valence-corrected chi connectivity index (χ0v) is 19.7. The molecule has 1 aromatic rings. The Balaban J connectivity index is 2.18. The Bertz CT molecular complexity index is 800. The Morgan fingerprint density at radius 3 is 2.55 bits per heavy atom. The molecule has 1 aliphatic rings. The molecular weight excluding hydrogens is 414 g/mol. The third kappa shape index (κ3) is 7.98. The summed E-state index contributed by atoms with van der Waals surface area (Å²) < 4.78 is 5.69. The van der Waals surface area contributed by atoms with Crippen LogP contribution in [-0.4, -0.2) is 45.3 Å². The van der Waals surface area contributed by atoms with Gasteiger partial charge >= 0.3 is 5.97 Å². The van der Waals surface area contributed by atoms with E-state index in [4.69, 9.17) is 4.74 Å². The number of ketones is 1. The summed E-state index contributed by atoms with van der Waals surface area (Å²) in [5.41, 5.74) is 1.71. The van der Waals surface area contributed by atoms with Gasteiger partial charge in [-0.25, -0.2) is 4.98 Å². The third-order valence-electron chi connectivity index (χ3n) is 5.86. The summed E-state index contributed by atoms with van der Waals surface area (Å²) in [6, 6.07) is 0. The van der Waals surface area contributed by atoms with Gasteiger partial charge in [-0.15, -0.1) is 11.3 Å². The minimum absolute atomic E-state index is 0.230. The molecule has 0 amide bonds. The minimum atomic E-state index is -1.15. The fourth-order valence-electron chi connectivity index (χ4n) is 3.65. The largest absolute Gasteiger partial charge is 0.457 e. The molecule has 5 atom stereocenters. The molecule has 1 aromatic heterocycles. The third-order valence-corrected chi connectivity index (χ3v) is 6.65. The molecule has 2 N–H and O–H groups in total. The van der Waals surface area contributed by atoms with Crippen molar-refractivity contribution in [2.45, 2.75) is 84.5 Å². The Kier molecular flexibility index (Phi) is 10.1. The van der Waals surface area contributed by atoms with Crippen LogP contribution in [0.3, 0.4) is 0 Å². The van der Waals surface area contributed by atoms with E-state index < -0.39 is 36.1 Å². The van der Waals surface area contributed by atoms with Crippen molar-refractivity contribution in [2.75, 3.05) is 0 Å². The van der Waals surface area contributed by atoms with E-state index in [9.17, 15) is 19.8 Å². The number of aryl methyl sites for hydroxylation is 1. The fraction of sp³-hybridized carbons (Fsp3) is 0.625. The molecule has 0 spiro atoms. The van der Waals surface area contributed by atoms with Crippen LogP contribution in [0.5, 0.6) is 0 Å². The molecule has 0 radical (unpaired) electrons. The molecule has 31 heavy (non-hydrogen) atoms. The van der Waals surface area contributed by atoms with E-state index in [0.717, 1.165) is 35.5 Å². The molecule has 0 aliphatic carbocycles. The molecule has 0 bridgehead atoms. The van der Waals surface area contributed by atoms with E-state index >= 15 is 0 Å². The molecule has 172 valence electrons. The van der Waals surface area contributed by atoms with Crippen LogP contribution in [0.4, 0.5) is 0 Å². The highest BCUT2D eigenvalue weighted by Gasteiger charge is 2.32. The predicted octanol–water partition coefficient (Wildman–Crippen LogP) is 4.24. The van der Waals surface area contributed by atoms with Crippen LogP contribution < -0.4 is 0 Å². The summed E-state index contributed by atoms with van der Waals surface area (Å²) in [4.78, 5) is 29.6. The van der Waals surface area contributed by atoms with Crippen LogP contribution in [0, 0.1) is 18.8 Å². The van der Waals surface area contributed by atoms with E-state index in [1.165, 1.54) is 0 Å². The first kappa shape index (κ1) is 25.4. The lowest BCUT2D eigenvalue weighted by molar-refractivity contribution is -0.151. The highest BCUT2D eigenvalue weighted by molar-refractivity contribution is 7.09. The highest BCUT2D eigenvalue weighted by Crippen LogP contribution is 2.22. The van der Waals surface area contributed by atoms with Crippen LogP contribution in [0.2, 0.25) is 0 Å². The Hall–Kier alpha value is -1.83. The number of ether oxygens (including phenoxy) is 1. The van der Waals surface area contributed by atoms with Crippen molar-refractivity contribution in [3.63, 3.8) is 0 Å². The fourth-order valence-corrected chi connectivity index (χ4v) is 4.22. The van der Waals surface area contributed by atoms with Crippen molar-refractivity contribution in [1.82, 2.24) is 4.98 Å². The number of aromatic nitrogens is 1. The standard InChI is InChI=1S/C24H35NO5S/c1-15(12-19-14-31-18(4)25-19)22-11-9-7-5-6-8-10-20(26)16(2)24(29)17(3)21(27)13-23(28)30-22/h7,9,12,14,16-17,20-22,26-27H,5-6,8,10-11,13H2,1-4H3/b9-7-,15-12+/t16-,17+,20+,21+,22+/m1/s1. The molecule has 0 saturated heterocycles. The van der Waals surface area contributed by atoms with Crippen molar-refractivity contribution in [2.24, 2.45) is 11.8 Å². The Morgan fingerprint density at radius 1 is 1.16 bits per heavy atom. The van der Waals surface area contributed by atoms with Gasteiger partial charge in [0.25, 0.3) is 0 Å². The topological polar surface area (TPSA) is 96.7 Å². The lowest BCUT2D eigenvalue weighted by atomic mass is 9.85. The van der Waals surface area contributed by atoms with Crippen molar-refractivity contribution in [3.05, 3.63) is 33.8 Å². The second kappa shape index (κ2) is 12.3.